The van der Waals surface area contributed by atoms with Crippen molar-refractivity contribution in [2.24, 2.45) is 0 Å². The van der Waals surface area contributed by atoms with Crippen molar-refractivity contribution in [1.29, 1.82) is 0 Å². The van der Waals surface area contributed by atoms with E-state index in [2.05, 4.69) is 5.32 Å². The molecule has 1 N–H and O–H groups in total. The van der Waals surface area contributed by atoms with Gasteiger partial charge in [0.25, 0.3) is 10.0 Å². The van der Waals surface area contributed by atoms with Crippen molar-refractivity contribution >= 4 is 27.5 Å². The molecule has 1 atom stereocenters. The van der Waals surface area contributed by atoms with Crippen LogP contribution in [0.15, 0.2) is 108 Å². The van der Waals surface area contributed by atoms with Crippen LogP contribution in [-0.2, 0) is 32.6 Å². The Hall–Kier alpha value is -4.50. The highest BCUT2D eigenvalue weighted by atomic mass is 32.2. The SMILES string of the molecule is CCCCNC(=O)[C@@H](Cc1ccccc1)N(Cc1ccc(F)cc1)C(=O)CN(c1cc(C)ccc1C)S(=O)(=O)c1ccccc1. The molecule has 45 heavy (non-hydrogen) atoms. The summed E-state index contributed by atoms with van der Waals surface area (Å²) >= 11 is 0. The molecule has 0 aliphatic carbocycles. The molecular formula is C36H40FN3O4S. The van der Waals surface area contributed by atoms with Gasteiger partial charge in [0, 0.05) is 19.5 Å². The predicted octanol–water partition coefficient (Wildman–Crippen LogP) is 6.19. The van der Waals surface area contributed by atoms with E-state index in [4.69, 9.17) is 0 Å². The maximum atomic E-state index is 14.5. The molecule has 0 aromatic heterocycles. The molecule has 236 valence electrons. The van der Waals surface area contributed by atoms with Crippen LogP contribution in [0.3, 0.4) is 0 Å². The number of amides is 2. The summed E-state index contributed by atoms with van der Waals surface area (Å²) in [5.74, 6) is -1.33. The average molecular weight is 630 g/mol. The van der Waals surface area contributed by atoms with Crippen molar-refractivity contribution in [3.63, 3.8) is 0 Å². The molecule has 4 aromatic carbocycles. The lowest BCUT2D eigenvalue weighted by Crippen LogP contribution is -2.53. The fourth-order valence-electron chi connectivity index (χ4n) is 5.07. The number of nitrogens with zero attached hydrogens (tertiary/aromatic N) is 2. The Balaban J connectivity index is 1.81. The minimum Gasteiger partial charge on any atom is -0.354 e. The first-order chi connectivity index (χ1) is 21.6. The lowest BCUT2D eigenvalue weighted by molar-refractivity contribution is -0.140. The summed E-state index contributed by atoms with van der Waals surface area (Å²) in [7, 11) is -4.19. The van der Waals surface area contributed by atoms with Crippen molar-refractivity contribution in [3.05, 3.63) is 131 Å². The smallest absolute Gasteiger partial charge is 0.264 e. The Morgan fingerprint density at radius 2 is 1.49 bits per heavy atom. The number of anilines is 1. The van der Waals surface area contributed by atoms with Gasteiger partial charge in [0.1, 0.15) is 18.4 Å². The van der Waals surface area contributed by atoms with Crippen LogP contribution in [0.25, 0.3) is 0 Å². The monoisotopic (exact) mass is 629 g/mol. The molecule has 0 saturated heterocycles. The van der Waals surface area contributed by atoms with Crippen LogP contribution in [0, 0.1) is 19.7 Å². The normalized spacial score (nSPS) is 11.9. The van der Waals surface area contributed by atoms with Gasteiger partial charge in [0.15, 0.2) is 0 Å². The fourth-order valence-corrected chi connectivity index (χ4v) is 6.56. The number of carbonyl (C=O) groups excluding carboxylic acids is 2. The second-order valence-electron chi connectivity index (χ2n) is 11.1. The van der Waals surface area contributed by atoms with Crippen molar-refractivity contribution < 1.29 is 22.4 Å². The average Bonchev–Trinajstić information content (AvgIpc) is 3.04. The fraction of sp³-hybridized carbons (Fsp3) is 0.278. The Morgan fingerprint density at radius 3 is 2.13 bits per heavy atom. The summed E-state index contributed by atoms with van der Waals surface area (Å²) < 4.78 is 43.3. The summed E-state index contributed by atoms with van der Waals surface area (Å²) in [6.07, 6.45) is 1.86. The minimum absolute atomic E-state index is 0.0240. The predicted molar refractivity (Wildman–Crippen MR) is 176 cm³/mol. The molecule has 0 aliphatic heterocycles. The number of unbranched alkanes of at least 4 members (excludes halogenated alkanes) is 1. The van der Waals surface area contributed by atoms with Gasteiger partial charge in [-0.05, 0) is 72.9 Å². The molecule has 0 aliphatic rings. The maximum absolute atomic E-state index is 14.5. The van der Waals surface area contributed by atoms with E-state index in [9.17, 15) is 22.4 Å². The number of sulfonamides is 1. The molecule has 4 aromatic rings. The number of hydrogen-bond acceptors (Lipinski definition) is 4. The molecule has 0 bridgehead atoms. The van der Waals surface area contributed by atoms with Gasteiger partial charge in [0.05, 0.1) is 10.6 Å². The van der Waals surface area contributed by atoms with Crippen LogP contribution in [-0.4, -0.2) is 44.3 Å². The summed E-state index contributed by atoms with van der Waals surface area (Å²) in [6.45, 7) is 5.54. The maximum Gasteiger partial charge on any atom is 0.264 e. The zero-order valence-electron chi connectivity index (χ0n) is 25.9. The molecule has 0 fully saturated rings. The molecule has 0 spiro atoms. The Bertz CT molecular complexity index is 1680. The van der Waals surface area contributed by atoms with Crippen LogP contribution >= 0.6 is 0 Å². The van der Waals surface area contributed by atoms with E-state index in [0.29, 0.717) is 23.4 Å². The van der Waals surface area contributed by atoms with Crippen LogP contribution in [0.1, 0.15) is 42.0 Å². The second kappa shape index (κ2) is 15.5. The first-order valence-electron chi connectivity index (χ1n) is 15.1. The molecule has 0 heterocycles. The zero-order chi connectivity index (χ0) is 32.4. The number of nitrogens with one attached hydrogen (secondary N) is 1. The van der Waals surface area contributed by atoms with Gasteiger partial charge in [-0.15, -0.1) is 0 Å². The Morgan fingerprint density at radius 1 is 0.844 bits per heavy atom. The molecule has 4 rings (SSSR count). The molecule has 0 saturated carbocycles. The number of halogens is 1. The highest BCUT2D eigenvalue weighted by Crippen LogP contribution is 2.29. The highest BCUT2D eigenvalue weighted by Gasteiger charge is 2.35. The van der Waals surface area contributed by atoms with Crippen molar-refractivity contribution in [1.82, 2.24) is 10.2 Å². The summed E-state index contributed by atoms with van der Waals surface area (Å²) in [4.78, 5) is 29.8. The lowest BCUT2D eigenvalue weighted by Gasteiger charge is -2.34. The third-order valence-corrected chi connectivity index (χ3v) is 9.38. The van der Waals surface area contributed by atoms with Crippen molar-refractivity contribution in [2.75, 3.05) is 17.4 Å². The molecular weight excluding hydrogens is 589 g/mol. The van der Waals surface area contributed by atoms with E-state index >= 15 is 0 Å². The molecule has 0 radical (unpaired) electrons. The van der Waals surface area contributed by atoms with E-state index < -0.39 is 34.3 Å². The number of hydrogen-bond donors (Lipinski definition) is 1. The molecule has 2 amide bonds. The topological polar surface area (TPSA) is 86.8 Å². The molecule has 9 heteroatoms. The van der Waals surface area contributed by atoms with Gasteiger partial charge in [-0.2, -0.15) is 0 Å². The standard InChI is InChI=1S/C36H40FN3O4S/c1-4-5-22-38-36(42)34(24-29-12-8-6-9-13-29)39(25-30-18-20-31(37)21-19-30)35(41)26-40(33-23-27(2)16-17-28(33)3)45(43,44)32-14-10-7-11-15-32/h6-21,23,34H,4-5,22,24-26H2,1-3H3,(H,38,42)/t34-/m1/s1. The van der Waals surface area contributed by atoms with Gasteiger partial charge >= 0.3 is 0 Å². The van der Waals surface area contributed by atoms with Crippen LogP contribution < -0.4 is 9.62 Å². The third kappa shape index (κ3) is 8.79. The Labute approximate surface area is 265 Å². The first kappa shape index (κ1) is 33.4. The number of rotatable bonds is 14. The number of carbonyl (C=O) groups is 2. The van der Waals surface area contributed by atoms with Gasteiger partial charge in [0.2, 0.25) is 11.8 Å². The van der Waals surface area contributed by atoms with Crippen molar-refractivity contribution in [3.8, 4) is 0 Å². The second-order valence-corrected chi connectivity index (χ2v) is 13.0. The van der Waals surface area contributed by atoms with Gasteiger partial charge in [-0.3, -0.25) is 13.9 Å². The zero-order valence-corrected chi connectivity index (χ0v) is 26.8. The minimum atomic E-state index is -4.19. The summed E-state index contributed by atoms with van der Waals surface area (Å²) in [5, 5.41) is 2.97. The highest BCUT2D eigenvalue weighted by molar-refractivity contribution is 7.92. The van der Waals surface area contributed by atoms with E-state index in [1.54, 1.807) is 43.3 Å². The van der Waals surface area contributed by atoms with Gasteiger partial charge in [-0.1, -0.05) is 86.1 Å². The lowest BCUT2D eigenvalue weighted by atomic mass is 10.0. The quantitative estimate of drug-likeness (QED) is 0.169. The van der Waals surface area contributed by atoms with Crippen LogP contribution in [0.5, 0.6) is 0 Å². The Kier molecular flexibility index (Phi) is 11.5. The third-order valence-electron chi connectivity index (χ3n) is 7.61. The van der Waals surface area contributed by atoms with Gasteiger partial charge in [-0.25, -0.2) is 12.8 Å². The van der Waals surface area contributed by atoms with Crippen LogP contribution in [0.2, 0.25) is 0 Å². The first-order valence-corrected chi connectivity index (χ1v) is 16.5. The largest absolute Gasteiger partial charge is 0.354 e. The number of aryl methyl sites for hydroxylation is 2. The number of benzene rings is 4. The van der Waals surface area contributed by atoms with Gasteiger partial charge < -0.3 is 10.2 Å². The molecule has 7 nitrogen and oxygen atoms in total. The summed E-state index contributed by atoms with van der Waals surface area (Å²) in [6, 6.07) is 27.6. The summed E-state index contributed by atoms with van der Waals surface area (Å²) in [5.41, 5.74) is 3.33. The van der Waals surface area contributed by atoms with Crippen molar-refractivity contribution in [2.45, 2.75) is 57.5 Å². The van der Waals surface area contributed by atoms with E-state index in [0.717, 1.165) is 28.3 Å². The van der Waals surface area contributed by atoms with E-state index in [1.807, 2.05) is 56.3 Å². The van der Waals surface area contributed by atoms with E-state index in [1.165, 1.54) is 29.2 Å². The molecule has 0 unspecified atom stereocenters. The van der Waals surface area contributed by atoms with E-state index in [-0.39, 0.29) is 23.8 Å². The van der Waals surface area contributed by atoms with Crippen LogP contribution in [0.4, 0.5) is 10.1 Å².